The average molecular weight is 424 g/mol. The maximum absolute atomic E-state index is 13.3. The highest BCUT2D eigenvalue weighted by molar-refractivity contribution is 7.93. The fourth-order valence-electron chi connectivity index (χ4n) is 2.52. The van der Waals surface area contributed by atoms with Gasteiger partial charge in [0.05, 0.1) is 21.8 Å². The summed E-state index contributed by atoms with van der Waals surface area (Å²) < 4.78 is 27.7. The third kappa shape index (κ3) is 4.26. The molecule has 0 aliphatic heterocycles. The Bertz CT molecular complexity index is 1040. The van der Waals surface area contributed by atoms with E-state index in [4.69, 9.17) is 11.6 Å². The summed E-state index contributed by atoms with van der Waals surface area (Å²) >= 11 is 7.32. The molecule has 0 spiro atoms. The largest absolute Gasteiger partial charge is 0.289 e. The van der Waals surface area contributed by atoms with Crippen LogP contribution in [0.3, 0.4) is 0 Å². The Morgan fingerprint density at radius 2 is 1.85 bits per heavy atom. The molecule has 1 heterocycles. The van der Waals surface area contributed by atoms with E-state index < -0.39 is 20.6 Å². The molecule has 140 valence electrons. The molecule has 0 aliphatic rings. The lowest BCUT2D eigenvalue weighted by molar-refractivity contribution is -0.387. The zero-order valence-corrected chi connectivity index (χ0v) is 16.2. The van der Waals surface area contributed by atoms with Crippen LogP contribution in [0.5, 0.6) is 0 Å². The van der Waals surface area contributed by atoms with Crippen LogP contribution in [0.2, 0.25) is 5.02 Å². The van der Waals surface area contributed by atoms with Gasteiger partial charge in [-0.1, -0.05) is 23.7 Å². The Kier molecular flexibility index (Phi) is 5.73. The van der Waals surface area contributed by atoms with E-state index in [-0.39, 0.29) is 11.4 Å². The molecule has 0 bridgehead atoms. The summed E-state index contributed by atoms with van der Waals surface area (Å²) in [4.78, 5) is 14.4. The second-order valence-electron chi connectivity index (χ2n) is 5.51. The highest BCUT2D eigenvalue weighted by Crippen LogP contribution is 2.30. The maximum Gasteiger partial charge on any atom is 0.289 e. The topological polar surface area (TPSA) is 93.4 Å². The van der Waals surface area contributed by atoms with Gasteiger partial charge in [-0.25, -0.2) is 13.4 Å². The first-order valence-electron chi connectivity index (χ1n) is 7.78. The van der Waals surface area contributed by atoms with Gasteiger partial charge in [0.15, 0.2) is 4.90 Å². The molecule has 0 aliphatic carbocycles. The second-order valence-corrected chi connectivity index (χ2v) is 8.49. The van der Waals surface area contributed by atoms with Crippen molar-refractivity contribution in [3.63, 3.8) is 0 Å². The second kappa shape index (κ2) is 8.03. The average Bonchev–Trinajstić information content (AvgIpc) is 3.16. The molecule has 2 aromatic carbocycles. The molecule has 27 heavy (non-hydrogen) atoms. The van der Waals surface area contributed by atoms with Crippen LogP contribution >= 0.6 is 22.9 Å². The Balaban J connectivity index is 2.05. The molecule has 0 fully saturated rings. The highest BCUT2D eigenvalue weighted by atomic mass is 35.5. The van der Waals surface area contributed by atoms with Gasteiger partial charge in [-0.05, 0) is 30.3 Å². The van der Waals surface area contributed by atoms with E-state index in [2.05, 4.69) is 4.98 Å². The number of benzene rings is 2. The van der Waals surface area contributed by atoms with Crippen molar-refractivity contribution in [3.8, 4) is 0 Å². The van der Waals surface area contributed by atoms with Gasteiger partial charge in [-0.3, -0.25) is 14.4 Å². The predicted molar refractivity (Wildman–Crippen MR) is 105 cm³/mol. The molecular formula is C17H14ClN3O4S2. The molecule has 0 amide bonds. The minimum Gasteiger partial charge on any atom is -0.266 e. The van der Waals surface area contributed by atoms with Gasteiger partial charge in [-0.2, -0.15) is 0 Å². The third-order valence-corrected chi connectivity index (χ3v) is 6.56. The van der Waals surface area contributed by atoms with Gasteiger partial charge in [0, 0.05) is 29.4 Å². The van der Waals surface area contributed by atoms with Crippen molar-refractivity contribution in [1.82, 2.24) is 4.98 Å². The summed E-state index contributed by atoms with van der Waals surface area (Å²) in [6.45, 7) is 0.0831. The molecule has 0 saturated heterocycles. The van der Waals surface area contributed by atoms with Crippen molar-refractivity contribution in [3.05, 3.63) is 80.3 Å². The lowest BCUT2D eigenvalue weighted by Gasteiger charge is -2.24. The zero-order chi connectivity index (χ0) is 19.4. The fraction of sp³-hybridized carbons (Fsp3) is 0.118. The number of nitro groups is 1. The van der Waals surface area contributed by atoms with Crippen LogP contribution in [-0.2, 0) is 16.4 Å². The summed E-state index contributed by atoms with van der Waals surface area (Å²) in [5.41, 5.74) is 2.31. The number of thiazole rings is 1. The standard InChI is InChI=1S/C17H14ClN3O4S2/c18-13-5-7-15(8-6-13)20(10-9-14-11-26-12-19-14)27(24,25)17-4-2-1-3-16(17)21(22)23/h1-8,11-12H,9-10H2. The Morgan fingerprint density at radius 1 is 1.15 bits per heavy atom. The van der Waals surface area contributed by atoms with Gasteiger partial charge in [0.2, 0.25) is 0 Å². The van der Waals surface area contributed by atoms with Crippen LogP contribution in [0.1, 0.15) is 5.69 Å². The summed E-state index contributed by atoms with van der Waals surface area (Å²) in [6.07, 6.45) is 0.367. The van der Waals surface area contributed by atoms with E-state index in [0.717, 1.165) is 10.00 Å². The van der Waals surface area contributed by atoms with Crippen molar-refractivity contribution in [2.45, 2.75) is 11.3 Å². The van der Waals surface area contributed by atoms with Crippen LogP contribution < -0.4 is 4.31 Å². The van der Waals surface area contributed by atoms with Crippen LogP contribution in [0, 0.1) is 10.1 Å². The van der Waals surface area contributed by atoms with E-state index >= 15 is 0 Å². The van der Waals surface area contributed by atoms with Crippen molar-refractivity contribution in [2.75, 3.05) is 10.8 Å². The SMILES string of the molecule is O=[N+]([O-])c1ccccc1S(=O)(=O)N(CCc1cscn1)c1ccc(Cl)cc1. The van der Waals surface area contributed by atoms with E-state index in [1.807, 2.05) is 5.38 Å². The molecular weight excluding hydrogens is 410 g/mol. The molecule has 7 nitrogen and oxygen atoms in total. The number of aromatic nitrogens is 1. The van der Waals surface area contributed by atoms with E-state index in [0.29, 0.717) is 17.1 Å². The minimum absolute atomic E-state index is 0.0831. The highest BCUT2D eigenvalue weighted by Gasteiger charge is 2.31. The normalized spacial score (nSPS) is 11.3. The molecule has 0 saturated carbocycles. The number of rotatable bonds is 7. The van der Waals surface area contributed by atoms with Gasteiger partial charge in [0.25, 0.3) is 15.7 Å². The number of hydrogen-bond acceptors (Lipinski definition) is 6. The quantitative estimate of drug-likeness (QED) is 0.420. The first-order chi connectivity index (χ1) is 12.9. The lowest BCUT2D eigenvalue weighted by Crippen LogP contribution is -2.33. The summed E-state index contributed by atoms with van der Waals surface area (Å²) in [5, 5.41) is 13.6. The van der Waals surface area contributed by atoms with Gasteiger partial charge in [-0.15, -0.1) is 11.3 Å². The number of hydrogen-bond donors (Lipinski definition) is 0. The summed E-state index contributed by atoms with van der Waals surface area (Å²) in [7, 11) is -4.17. The molecule has 0 N–H and O–H groups in total. The van der Waals surface area contributed by atoms with Gasteiger partial charge in [0.1, 0.15) is 0 Å². The smallest absolute Gasteiger partial charge is 0.266 e. The lowest BCUT2D eigenvalue weighted by atomic mass is 10.3. The molecule has 0 radical (unpaired) electrons. The number of para-hydroxylation sites is 1. The molecule has 10 heteroatoms. The predicted octanol–water partition coefficient (Wildman–Crippen LogP) is 4.14. The summed E-state index contributed by atoms with van der Waals surface area (Å²) in [5.74, 6) is 0. The minimum atomic E-state index is -4.17. The molecule has 3 rings (SSSR count). The third-order valence-electron chi connectivity index (χ3n) is 3.80. The Labute approximate surface area is 165 Å². The van der Waals surface area contributed by atoms with Crippen LogP contribution in [-0.4, -0.2) is 24.9 Å². The number of anilines is 1. The van der Waals surface area contributed by atoms with Crippen LogP contribution in [0.25, 0.3) is 0 Å². The van der Waals surface area contributed by atoms with Crippen LogP contribution in [0.15, 0.2) is 64.3 Å². The first-order valence-corrected chi connectivity index (χ1v) is 10.5. The van der Waals surface area contributed by atoms with Crippen molar-refractivity contribution >= 4 is 44.3 Å². The monoisotopic (exact) mass is 423 g/mol. The molecule has 0 atom stereocenters. The number of sulfonamides is 1. The van der Waals surface area contributed by atoms with E-state index in [9.17, 15) is 18.5 Å². The Morgan fingerprint density at radius 3 is 2.48 bits per heavy atom. The zero-order valence-electron chi connectivity index (χ0n) is 13.9. The van der Waals surface area contributed by atoms with E-state index in [1.54, 1.807) is 29.8 Å². The molecule has 1 aromatic heterocycles. The molecule has 0 unspecified atom stereocenters. The van der Waals surface area contributed by atoms with Crippen LogP contribution in [0.4, 0.5) is 11.4 Å². The van der Waals surface area contributed by atoms with E-state index in [1.165, 1.54) is 35.6 Å². The number of halogens is 1. The molecule has 3 aromatic rings. The summed E-state index contributed by atoms with van der Waals surface area (Å²) in [6, 6.07) is 11.6. The number of nitro benzene ring substituents is 1. The van der Waals surface area contributed by atoms with Crippen molar-refractivity contribution in [1.29, 1.82) is 0 Å². The Hall–Kier alpha value is -2.49. The first kappa shape index (κ1) is 19.3. The fourth-order valence-corrected chi connectivity index (χ4v) is 4.86. The van der Waals surface area contributed by atoms with Crippen molar-refractivity contribution < 1.29 is 13.3 Å². The van der Waals surface area contributed by atoms with Gasteiger partial charge < -0.3 is 0 Å². The van der Waals surface area contributed by atoms with Crippen molar-refractivity contribution in [2.24, 2.45) is 0 Å². The number of nitrogens with zero attached hydrogens (tertiary/aromatic N) is 3. The van der Waals surface area contributed by atoms with Gasteiger partial charge >= 0.3 is 0 Å². The maximum atomic E-state index is 13.3.